The third kappa shape index (κ3) is 2.64. The van der Waals surface area contributed by atoms with Gasteiger partial charge in [-0.1, -0.05) is 12.5 Å². The van der Waals surface area contributed by atoms with Gasteiger partial charge >= 0.3 is 10.2 Å². The molecule has 0 aromatic heterocycles. The van der Waals surface area contributed by atoms with Gasteiger partial charge in [-0.3, -0.25) is 4.31 Å². The summed E-state index contributed by atoms with van der Waals surface area (Å²) in [5, 5.41) is 0. The number of hydrogen-bond donors (Lipinski definition) is 0. The minimum Gasteiger partial charge on any atom is -0.257 e. The highest BCUT2D eigenvalue weighted by Crippen LogP contribution is 2.34. The Hall–Kier alpha value is -0.850. The van der Waals surface area contributed by atoms with Crippen LogP contribution in [0.4, 0.5) is 10.1 Å². The van der Waals surface area contributed by atoms with Gasteiger partial charge in [0.1, 0.15) is 5.82 Å². The smallest absolute Gasteiger partial charge is 0.257 e. The van der Waals surface area contributed by atoms with Gasteiger partial charge in [0.15, 0.2) is 0 Å². The van der Waals surface area contributed by atoms with Gasteiger partial charge in [0, 0.05) is 25.0 Å². The van der Waals surface area contributed by atoms with Crippen LogP contribution in [0.1, 0.15) is 24.8 Å². The Kier molecular flexibility index (Phi) is 4.12. The molecule has 4 nitrogen and oxygen atoms in total. The van der Waals surface area contributed by atoms with Crippen molar-refractivity contribution >= 4 is 27.5 Å². The molecule has 2 heterocycles. The second kappa shape index (κ2) is 5.74. The highest BCUT2D eigenvalue weighted by Gasteiger charge is 2.38. The van der Waals surface area contributed by atoms with E-state index in [0.717, 1.165) is 24.8 Å². The van der Waals surface area contributed by atoms with E-state index in [1.165, 1.54) is 20.7 Å². The van der Waals surface area contributed by atoms with Crippen molar-refractivity contribution in [3.05, 3.63) is 29.6 Å². The van der Waals surface area contributed by atoms with Crippen LogP contribution in [0.5, 0.6) is 0 Å². The van der Waals surface area contributed by atoms with Gasteiger partial charge in [0.2, 0.25) is 0 Å². The number of rotatable bonds is 3. The van der Waals surface area contributed by atoms with Crippen LogP contribution >= 0.6 is 11.6 Å². The molecule has 1 aromatic rings. The molecule has 0 aliphatic carbocycles. The van der Waals surface area contributed by atoms with Crippen molar-refractivity contribution in [2.75, 3.05) is 23.3 Å². The maximum atomic E-state index is 13.5. The first-order valence-corrected chi connectivity index (χ1v) is 9.11. The molecule has 1 aromatic carbocycles. The van der Waals surface area contributed by atoms with Crippen molar-refractivity contribution in [3.8, 4) is 0 Å². The molecule has 2 aliphatic heterocycles. The first-order valence-electron chi connectivity index (χ1n) is 7.18. The van der Waals surface area contributed by atoms with Crippen LogP contribution < -0.4 is 4.31 Å². The zero-order valence-corrected chi connectivity index (χ0v) is 13.2. The number of fused-ring (bicyclic) bond motifs is 1. The molecular weight excluding hydrogens is 315 g/mol. The minimum atomic E-state index is -3.64. The zero-order valence-electron chi connectivity index (χ0n) is 11.6. The molecule has 0 N–H and O–H groups in total. The standard InChI is InChI=1S/C14H18ClFN2O2S/c15-10-13-3-1-2-7-17(13)21(19,20)18-8-6-11-4-5-12(16)9-14(11)18/h4-5,9,13H,1-3,6-8,10H2. The van der Waals surface area contributed by atoms with Gasteiger partial charge in [-0.15, -0.1) is 11.6 Å². The summed E-state index contributed by atoms with van der Waals surface area (Å²) in [7, 11) is -3.64. The molecule has 1 fully saturated rings. The fourth-order valence-electron chi connectivity index (χ4n) is 3.12. The lowest BCUT2D eigenvalue weighted by Crippen LogP contribution is -2.51. The van der Waals surface area contributed by atoms with Crippen molar-refractivity contribution < 1.29 is 12.8 Å². The van der Waals surface area contributed by atoms with Gasteiger partial charge in [-0.2, -0.15) is 12.7 Å². The fraction of sp³-hybridized carbons (Fsp3) is 0.571. The van der Waals surface area contributed by atoms with Gasteiger partial charge < -0.3 is 0 Å². The van der Waals surface area contributed by atoms with Crippen molar-refractivity contribution in [1.29, 1.82) is 0 Å². The average Bonchev–Trinajstić information content (AvgIpc) is 2.90. The van der Waals surface area contributed by atoms with Crippen LogP contribution in [-0.2, 0) is 16.6 Å². The Balaban J connectivity index is 1.95. The quantitative estimate of drug-likeness (QED) is 0.798. The monoisotopic (exact) mass is 332 g/mol. The summed E-state index contributed by atoms with van der Waals surface area (Å²) in [6.45, 7) is 0.855. The summed E-state index contributed by atoms with van der Waals surface area (Å²) >= 11 is 5.93. The third-order valence-electron chi connectivity index (χ3n) is 4.23. The predicted octanol–water partition coefficient (Wildman–Crippen LogP) is 2.53. The molecule has 116 valence electrons. The molecule has 0 saturated carbocycles. The lowest BCUT2D eigenvalue weighted by molar-refractivity contribution is 0.270. The SMILES string of the molecule is O=S(=O)(N1CCc2ccc(F)cc21)N1CCCCC1CCl. The molecule has 0 amide bonds. The van der Waals surface area contributed by atoms with E-state index in [2.05, 4.69) is 0 Å². The summed E-state index contributed by atoms with van der Waals surface area (Å²) in [6, 6.07) is 4.18. The van der Waals surface area contributed by atoms with Gasteiger partial charge in [0.05, 0.1) is 5.69 Å². The van der Waals surface area contributed by atoms with Crippen LogP contribution in [0.2, 0.25) is 0 Å². The topological polar surface area (TPSA) is 40.6 Å². The van der Waals surface area contributed by atoms with Gasteiger partial charge in [0.25, 0.3) is 0 Å². The maximum Gasteiger partial charge on any atom is 0.304 e. The number of halogens is 2. The van der Waals surface area contributed by atoms with E-state index in [0.29, 0.717) is 31.1 Å². The average molecular weight is 333 g/mol. The van der Waals surface area contributed by atoms with E-state index < -0.39 is 16.0 Å². The molecule has 0 spiro atoms. The summed E-state index contributed by atoms with van der Waals surface area (Å²) in [6.07, 6.45) is 3.24. The molecule has 1 atom stereocenters. The van der Waals surface area contributed by atoms with Gasteiger partial charge in [-0.05, 0) is 37.0 Å². The van der Waals surface area contributed by atoms with E-state index in [-0.39, 0.29) is 6.04 Å². The first kappa shape index (κ1) is 15.1. The molecule has 1 saturated heterocycles. The van der Waals surface area contributed by atoms with Crippen LogP contribution in [0.25, 0.3) is 0 Å². The highest BCUT2D eigenvalue weighted by molar-refractivity contribution is 7.90. The van der Waals surface area contributed by atoms with E-state index in [4.69, 9.17) is 11.6 Å². The number of alkyl halides is 1. The fourth-order valence-corrected chi connectivity index (χ4v) is 5.43. The van der Waals surface area contributed by atoms with Crippen molar-refractivity contribution in [2.45, 2.75) is 31.7 Å². The zero-order chi connectivity index (χ0) is 15.0. The maximum absolute atomic E-state index is 13.5. The molecule has 0 bridgehead atoms. The second-order valence-electron chi connectivity index (χ2n) is 5.52. The highest BCUT2D eigenvalue weighted by atomic mass is 35.5. The van der Waals surface area contributed by atoms with Gasteiger partial charge in [-0.25, -0.2) is 4.39 Å². The van der Waals surface area contributed by atoms with E-state index in [1.807, 2.05) is 0 Å². The lowest BCUT2D eigenvalue weighted by atomic mass is 10.1. The van der Waals surface area contributed by atoms with Crippen LogP contribution in [0.15, 0.2) is 18.2 Å². The summed E-state index contributed by atoms with van der Waals surface area (Å²) in [5.74, 6) is -0.119. The van der Waals surface area contributed by atoms with E-state index >= 15 is 0 Å². The molecule has 21 heavy (non-hydrogen) atoms. The summed E-state index contributed by atoms with van der Waals surface area (Å²) in [5.41, 5.74) is 1.34. The molecule has 0 radical (unpaired) electrons. The van der Waals surface area contributed by atoms with Crippen molar-refractivity contribution in [2.24, 2.45) is 0 Å². The second-order valence-corrected chi connectivity index (χ2v) is 7.63. The van der Waals surface area contributed by atoms with Crippen molar-refractivity contribution in [3.63, 3.8) is 0 Å². The Bertz CT molecular complexity index is 638. The Labute approximate surface area is 129 Å². The number of piperidine rings is 1. The molecule has 2 aliphatic rings. The Morgan fingerprint density at radius 3 is 2.86 bits per heavy atom. The van der Waals surface area contributed by atoms with E-state index in [9.17, 15) is 12.8 Å². The number of hydrogen-bond acceptors (Lipinski definition) is 2. The normalized spacial score (nSPS) is 23.3. The molecular formula is C14H18ClFN2O2S. The number of nitrogens with zero attached hydrogens (tertiary/aromatic N) is 2. The number of anilines is 1. The van der Waals surface area contributed by atoms with E-state index in [1.54, 1.807) is 6.07 Å². The van der Waals surface area contributed by atoms with Crippen LogP contribution in [0.3, 0.4) is 0 Å². The minimum absolute atomic E-state index is 0.164. The van der Waals surface area contributed by atoms with Crippen LogP contribution in [-0.4, -0.2) is 37.7 Å². The predicted molar refractivity (Wildman–Crippen MR) is 81.4 cm³/mol. The Morgan fingerprint density at radius 1 is 1.29 bits per heavy atom. The Morgan fingerprint density at radius 2 is 2.10 bits per heavy atom. The van der Waals surface area contributed by atoms with Crippen LogP contribution in [0, 0.1) is 5.82 Å². The molecule has 7 heteroatoms. The lowest BCUT2D eigenvalue weighted by Gasteiger charge is -2.36. The van der Waals surface area contributed by atoms with Crippen molar-refractivity contribution in [1.82, 2.24) is 4.31 Å². The molecule has 1 unspecified atom stereocenters. The molecule has 3 rings (SSSR count). The third-order valence-corrected chi connectivity index (χ3v) is 6.59. The summed E-state index contributed by atoms with van der Waals surface area (Å²) < 4.78 is 42.1. The summed E-state index contributed by atoms with van der Waals surface area (Å²) in [4.78, 5) is 0. The number of benzene rings is 1. The largest absolute Gasteiger partial charge is 0.304 e. The first-order chi connectivity index (χ1) is 10.0.